The Bertz CT molecular complexity index is 296. The summed E-state index contributed by atoms with van der Waals surface area (Å²) in [5.41, 5.74) is -0.778. The molecule has 1 fully saturated rings. The van der Waals surface area contributed by atoms with Gasteiger partial charge >= 0.3 is 5.97 Å². The third kappa shape index (κ3) is 4.77. The van der Waals surface area contributed by atoms with Gasteiger partial charge in [-0.15, -0.1) is 0 Å². The van der Waals surface area contributed by atoms with Crippen LogP contribution in [0.2, 0.25) is 0 Å². The Labute approximate surface area is 117 Å². The highest BCUT2D eigenvalue weighted by atomic mass is 16.4. The Morgan fingerprint density at radius 2 is 2.11 bits per heavy atom. The first kappa shape index (κ1) is 16.4. The van der Waals surface area contributed by atoms with Crippen molar-refractivity contribution in [1.82, 2.24) is 10.2 Å². The highest BCUT2D eigenvalue weighted by Crippen LogP contribution is 2.22. The number of likely N-dealkylation sites (tertiary alicyclic amines) is 1. The number of aliphatic carboxylic acids is 1. The minimum Gasteiger partial charge on any atom is -0.480 e. The molecule has 0 aromatic carbocycles. The molecule has 1 aliphatic rings. The standard InChI is InChI=1S/C15H30N2O2/c1-5-16-15(4,14(18)19)9-6-10-17-11-12(2)7-8-13(17)3/h12-13,16H,5-11H2,1-4H3,(H,18,19). The smallest absolute Gasteiger partial charge is 0.323 e. The van der Waals surface area contributed by atoms with Crippen LogP contribution in [0.3, 0.4) is 0 Å². The van der Waals surface area contributed by atoms with Crippen LogP contribution in [-0.2, 0) is 4.79 Å². The zero-order chi connectivity index (χ0) is 14.5. The highest BCUT2D eigenvalue weighted by Gasteiger charge is 2.32. The Balaban J connectivity index is 2.41. The lowest BCUT2D eigenvalue weighted by Crippen LogP contribution is -2.50. The molecular formula is C15H30N2O2. The summed E-state index contributed by atoms with van der Waals surface area (Å²) < 4.78 is 0. The second-order valence-electron chi connectivity index (χ2n) is 6.30. The number of likely N-dealkylation sites (N-methyl/N-ethyl adjacent to an activating group) is 1. The van der Waals surface area contributed by atoms with Crippen LogP contribution < -0.4 is 5.32 Å². The van der Waals surface area contributed by atoms with Crippen molar-refractivity contribution in [3.63, 3.8) is 0 Å². The largest absolute Gasteiger partial charge is 0.480 e. The summed E-state index contributed by atoms with van der Waals surface area (Å²) in [6.07, 6.45) is 4.22. The van der Waals surface area contributed by atoms with Crippen LogP contribution >= 0.6 is 0 Å². The molecule has 19 heavy (non-hydrogen) atoms. The fourth-order valence-corrected chi connectivity index (χ4v) is 2.99. The first-order valence-electron chi connectivity index (χ1n) is 7.61. The van der Waals surface area contributed by atoms with Crippen molar-refractivity contribution < 1.29 is 9.90 Å². The molecule has 1 aliphatic heterocycles. The monoisotopic (exact) mass is 270 g/mol. The van der Waals surface area contributed by atoms with Crippen molar-refractivity contribution in [3.8, 4) is 0 Å². The molecule has 0 aromatic rings. The summed E-state index contributed by atoms with van der Waals surface area (Å²) >= 11 is 0. The van der Waals surface area contributed by atoms with E-state index in [1.807, 2.05) is 6.92 Å². The number of carboxylic acid groups (broad SMARTS) is 1. The van der Waals surface area contributed by atoms with Gasteiger partial charge in [-0.05, 0) is 58.5 Å². The van der Waals surface area contributed by atoms with E-state index in [2.05, 4.69) is 24.1 Å². The van der Waals surface area contributed by atoms with Crippen LogP contribution in [-0.4, -0.2) is 47.2 Å². The Morgan fingerprint density at radius 3 is 2.68 bits per heavy atom. The van der Waals surface area contributed by atoms with Crippen molar-refractivity contribution >= 4 is 5.97 Å². The van der Waals surface area contributed by atoms with Gasteiger partial charge < -0.3 is 15.3 Å². The SMILES string of the molecule is CCNC(C)(CCCN1CC(C)CCC1C)C(=O)O. The number of carboxylic acids is 1. The average Bonchev–Trinajstić information content (AvgIpc) is 2.33. The maximum Gasteiger partial charge on any atom is 0.323 e. The van der Waals surface area contributed by atoms with Gasteiger partial charge in [0.1, 0.15) is 5.54 Å². The predicted octanol–water partition coefficient (Wildman–Crippen LogP) is 2.34. The average molecular weight is 270 g/mol. The Kier molecular flexibility index (Phi) is 6.27. The molecule has 0 amide bonds. The molecule has 3 atom stereocenters. The van der Waals surface area contributed by atoms with Gasteiger partial charge in [0.25, 0.3) is 0 Å². The van der Waals surface area contributed by atoms with Gasteiger partial charge in [-0.2, -0.15) is 0 Å². The third-order valence-electron chi connectivity index (χ3n) is 4.41. The molecule has 0 saturated carbocycles. The van der Waals surface area contributed by atoms with Crippen molar-refractivity contribution in [1.29, 1.82) is 0 Å². The highest BCUT2D eigenvalue weighted by molar-refractivity contribution is 5.78. The van der Waals surface area contributed by atoms with Crippen LogP contribution in [0.4, 0.5) is 0 Å². The third-order valence-corrected chi connectivity index (χ3v) is 4.41. The van der Waals surface area contributed by atoms with E-state index < -0.39 is 11.5 Å². The van der Waals surface area contributed by atoms with E-state index in [1.165, 1.54) is 12.8 Å². The number of hydrogen-bond donors (Lipinski definition) is 2. The Morgan fingerprint density at radius 1 is 1.42 bits per heavy atom. The van der Waals surface area contributed by atoms with Crippen molar-refractivity contribution in [2.24, 2.45) is 5.92 Å². The fourth-order valence-electron chi connectivity index (χ4n) is 2.99. The molecular weight excluding hydrogens is 240 g/mol. The lowest BCUT2D eigenvalue weighted by molar-refractivity contribution is -0.144. The van der Waals surface area contributed by atoms with E-state index in [9.17, 15) is 9.90 Å². The van der Waals surface area contributed by atoms with Gasteiger partial charge in [-0.1, -0.05) is 13.8 Å². The normalized spacial score (nSPS) is 28.0. The summed E-state index contributed by atoms with van der Waals surface area (Å²) in [4.78, 5) is 13.8. The quantitative estimate of drug-likeness (QED) is 0.745. The molecule has 0 aliphatic carbocycles. The van der Waals surface area contributed by atoms with E-state index in [4.69, 9.17) is 0 Å². The minimum absolute atomic E-state index is 0.645. The molecule has 0 aromatic heterocycles. The van der Waals surface area contributed by atoms with E-state index in [0.717, 1.165) is 25.4 Å². The fraction of sp³-hybridized carbons (Fsp3) is 0.933. The topological polar surface area (TPSA) is 52.6 Å². The molecule has 2 N–H and O–H groups in total. The number of hydrogen-bond acceptors (Lipinski definition) is 3. The van der Waals surface area contributed by atoms with Crippen LogP contribution in [0.25, 0.3) is 0 Å². The second-order valence-corrected chi connectivity index (χ2v) is 6.30. The lowest BCUT2D eigenvalue weighted by atomic mass is 9.93. The summed E-state index contributed by atoms with van der Waals surface area (Å²) in [5.74, 6) is 0.0326. The van der Waals surface area contributed by atoms with E-state index in [1.54, 1.807) is 6.92 Å². The summed E-state index contributed by atoms with van der Waals surface area (Å²) in [5, 5.41) is 12.4. The van der Waals surface area contributed by atoms with Crippen molar-refractivity contribution in [3.05, 3.63) is 0 Å². The molecule has 3 unspecified atom stereocenters. The van der Waals surface area contributed by atoms with Gasteiger partial charge in [0, 0.05) is 12.6 Å². The molecule has 112 valence electrons. The molecule has 4 heteroatoms. The number of rotatable bonds is 7. The van der Waals surface area contributed by atoms with Crippen LogP contribution in [0.5, 0.6) is 0 Å². The predicted molar refractivity (Wildman–Crippen MR) is 78.4 cm³/mol. The lowest BCUT2D eigenvalue weighted by Gasteiger charge is -2.37. The van der Waals surface area contributed by atoms with Gasteiger partial charge in [0.05, 0.1) is 0 Å². The van der Waals surface area contributed by atoms with Gasteiger partial charge in [0.15, 0.2) is 0 Å². The molecule has 1 saturated heterocycles. The number of piperidine rings is 1. The van der Waals surface area contributed by atoms with Crippen LogP contribution in [0.1, 0.15) is 53.4 Å². The van der Waals surface area contributed by atoms with Gasteiger partial charge in [0.2, 0.25) is 0 Å². The zero-order valence-electron chi connectivity index (χ0n) is 12.9. The van der Waals surface area contributed by atoms with E-state index >= 15 is 0 Å². The van der Waals surface area contributed by atoms with Crippen LogP contribution in [0.15, 0.2) is 0 Å². The molecule has 0 spiro atoms. The Hall–Kier alpha value is -0.610. The van der Waals surface area contributed by atoms with Crippen molar-refractivity contribution in [2.45, 2.75) is 65.0 Å². The summed E-state index contributed by atoms with van der Waals surface area (Å²) in [6.45, 7) is 11.2. The van der Waals surface area contributed by atoms with Crippen LogP contribution in [0, 0.1) is 5.92 Å². The number of nitrogens with zero attached hydrogens (tertiary/aromatic N) is 1. The molecule has 1 heterocycles. The van der Waals surface area contributed by atoms with E-state index in [-0.39, 0.29) is 0 Å². The number of nitrogens with one attached hydrogen (secondary N) is 1. The van der Waals surface area contributed by atoms with Gasteiger partial charge in [-0.3, -0.25) is 4.79 Å². The number of carbonyl (C=O) groups is 1. The summed E-state index contributed by atoms with van der Waals surface area (Å²) in [6, 6.07) is 0.645. The molecule has 0 bridgehead atoms. The van der Waals surface area contributed by atoms with Gasteiger partial charge in [-0.25, -0.2) is 0 Å². The summed E-state index contributed by atoms with van der Waals surface area (Å²) in [7, 11) is 0. The van der Waals surface area contributed by atoms with E-state index in [0.29, 0.717) is 19.0 Å². The molecule has 1 rings (SSSR count). The maximum atomic E-state index is 11.3. The zero-order valence-corrected chi connectivity index (χ0v) is 12.9. The molecule has 0 radical (unpaired) electrons. The minimum atomic E-state index is -0.778. The first-order valence-corrected chi connectivity index (χ1v) is 7.61. The second kappa shape index (κ2) is 7.25. The van der Waals surface area contributed by atoms with Crippen molar-refractivity contribution in [2.75, 3.05) is 19.6 Å². The molecule has 4 nitrogen and oxygen atoms in total. The maximum absolute atomic E-state index is 11.3. The first-order chi connectivity index (χ1) is 8.89.